The first kappa shape index (κ1) is 20.9. The quantitative estimate of drug-likeness (QED) is 0.566. The van der Waals surface area contributed by atoms with E-state index in [0.29, 0.717) is 0 Å². The van der Waals surface area contributed by atoms with Gasteiger partial charge in [0.2, 0.25) is 0 Å². The number of nitrogens with zero attached hydrogens (tertiary/aromatic N) is 2. The molecule has 1 saturated carbocycles. The summed E-state index contributed by atoms with van der Waals surface area (Å²) in [6.45, 7) is 2.34. The van der Waals surface area contributed by atoms with Gasteiger partial charge in [-0.15, -0.1) is 6.54 Å². The Morgan fingerprint density at radius 2 is 1.50 bits per heavy atom. The summed E-state index contributed by atoms with van der Waals surface area (Å²) in [5.41, 5.74) is 0. The van der Waals surface area contributed by atoms with E-state index in [4.69, 9.17) is 0 Å². The molecule has 1 fully saturated rings. The second kappa shape index (κ2) is 12.6. The van der Waals surface area contributed by atoms with Crippen molar-refractivity contribution in [3.63, 3.8) is 0 Å². The molecular formula is C15H32N2W. The van der Waals surface area contributed by atoms with Gasteiger partial charge in [0.05, 0.1) is 0 Å². The van der Waals surface area contributed by atoms with Gasteiger partial charge in [-0.2, -0.15) is 7.05 Å². The summed E-state index contributed by atoms with van der Waals surface area (Å²) in [6, 6.07) is 0. The van der Waals surface area contributed by atoms with Crippen LogP contribution in [-0.2, 0) is 21.1 Å². The van der Waals surface area contributed by atoms with Crippen molar-refractivity contribution >= 4 is 0 Å². The molecule has 0 saturated heterocycles. The molecule has 1 aliphatic carbocycles. The second-order valence-corrected chi connectivity index (χ2v) is 5.66. The Kier molecular flexibility index (Phi) is 14.7. The monoisotopic (exact) mass is 424 g/mol. The molecule has 0 spiro atoms. The van der Waals surface area contributed by atoms with Gasteiger partial charge < -0.3 is 17.6 Å². The zero-order valence-corrected chi connectivity index (χ0v) is 15.8. The van der Waals surface area contributed by atoms with E-state index in [-0.39, 0.29) is 28.5 Å². The van der Waals surface area contributed by atoms with Crippen molar-refractivity contribution in [2.45, 2.75) is 44.9 Å². The Morgan fingerprint density at radius 1 is 1.00 bits per heavy atom. The topological polar surface area (TPSA) is 17.3 Å². The molecule has 108 valence electrons. The van der Waals surface area contributed by atoms with Gasteiger partial charge in [0.15, 0.2) is 0 Å². The molecule has 0 atom stereocenters. The predicted octanol–water partition coefficient (Wildman–Crippen LogP) is 3.98. The van der Waals surface area contributed by atoms with Crippen molar-refractivity contribution in [3.05, 3.63) is 12.7 Å². The van der Waals surface area contributed by atoms with E-state index in [9.17, 15) is 0 Å². The zero-order valence-electron chi connectivity index (χ0n) is 12.8. The van der Waals surface area contributed by atoms with Crippen molar-refractivity contribution in [2.24, 2.45) is 11.8 Å². The predicted molar refractivity (Wildman–Crippen MR) is 78.4 cm³/mol. The van der Waals surface area contributed by atoms with E-state index >= 15 is 0 Å². The molecule has 0 radical (unpaired) electrons. The van der Waals surface area contributed by atoms with Gasteiger partial charge in [-0.25, -0.2) is 0 Å². The Balaban J connectivity index is 0. The molecule has 3 heteroatoms. The molecule has 0 aromatic heterocycles. The molecule has 2 nitrogen and oxygen atoms in total. The molecule has 1 rings (SSSR count). The van der Waals surface area contributed by atoms with Crippen LogP contribution in [0.3, 0.4) is 0 Å². The average Bonchev–Trinajstić information content (AvgIpc) is 2.27. The molecule has 1 aliphatic rings. The van der Waals surface area contributed by atoms with Gasteiger partial charge in [-0.05, 0) is 45.3 Å². The van der Waals surface area contributed by atoms with E-state index in [0.717, 1.165) is 18.4 Å². The molecule has 0 aliphatic heterocycles. The zero-order chi connectivity index (χ0) is 11.8. The Bertz CT molecular complexity index is 166. The van der Waals surface area contributed by atoms with E-state index in [2.05, 4.69) is 24.3 Å². The maximum Gasteiger partial charge on any atom is 2.00 e. The molecule has 0 N–H and O–H groups in total. The number of rotatable bonds is 7. The van der Waals surface area contributed by atoms with Gasteiger partial charge in [0.25, 0.3) is 0 Å². The fraction of sp³-hybridized carbons (Fsp3) is 0.933. The van der Waals surface area contributed by atoms with Crippen LogP contribution in [0.1, 0.15) is 44.9 Å². The fourth-order valence-electron chi connectivity index (χ4n) is 2.82. The Morgan fingerprint density at radius 3 is 1.94 bits per heavy atom. The summed E-state index contributed by atoms with van der Waals surface area (Å²) in [4.78, 5) is 2.30. The molecule has 0 heterocycles. The van der Waals surface area contributed by atoms with Crippen LogP contribution in [-0.4, -0.2) is 39.1 Å². The first-order valence-electron chi connectivity index (χ1n) is 6.92. The van der Waals surface area contributed by atoms with Crippen LogP contribution >= 0.6 is 0 Å². The van der Waals surface area contributed by atoms with Crippen molar-refractivity contribution in [1.82, 2.24) is 4.90 Å². The number of hydrogen-bond acceptors (Lipinski definition) is 1. The summed E-state index contributed by atoms with van der Waals surface area (Å²) in [7, 11) is 6.28. The van der Waals surface area contributed by atoms with Gasteiger partial charge in [0, 0.05) is 0 Å². The van der Waals surface area contributed by atoms with Gasteiger partial charge in [-0.3, -0.25) is 0 Å². The van der Waals surface area contributed by atoms with Crippen molar-refractivity contribution in [1.29, 1.82) is 0 Å². The molecule has 0 bridgehead atoms. The minimum atomic E-state index is 0. The van der Waals surface area contributed by atoms with E-state index < -0.39 is 0 Å². The minimum Gasteiger partial charge on any atom is -0.665 e. The van der Waals surface area contributed by atoms with E-state index in [1.54, 1.807) is 0 Å². The minimum absolute atomic E-state index is 0. The molecule has 0 aromatic rings. The van der Waals surface area contributed by atoms with Crippen molar-refractivity contribution in [2.75, 3.05) is 34.2 Å². The third kappa shape index (κ3) is 9.53. The summed E-state index contributed by atoms with van der Waals surface area (Å²) >= 11 is 0. The largest absolute Gasteiger partial charge is 2.00 e. The average molecular weight is 424 g/mol. The molecule has 0 unspecified atom stereocenters. The van der Waals surface area contributed by atoms with Crippen LogP contribution in [0.15, 0.2) is 0 Å². The first-order chi connectivity index (χ1) is 7.72. The third-order valence-electron chi connectivity index (χ3n) is 3.94. The molecule has 0 amide bonds. The van der Waals surface area contributed by atoms with Crippen LogP contribution < -0.4 is 0 Å². The van der Waals surface area contributed by atoms with Crippen LogP contribution in [0, 0.1) is 19.3 Å². The smallest absolute Gasteiger partial charge is 0.665 e. The van der Waals surface area contributed by atoms with Crippen molar-refractivity contribution in [3.8, 4) is 0 Å². The van der Waals surface area contributed by atoms with Crippen molar-refractivity contribution < 1.29 is 21.1 Å². The third-order valence-corrected chi connectivity index (χ3v) is 3.94. The summed E-state index contributed by atoms with van der Waals surface area (Å²) in [5, 5.41) is 4.21. The maximum atomic E-state index is 4.21. The molecule has 0 aromatic carbocycles. The maximum absolute atomic E-state index is 4.21. The molecular weight excluding hydrogens is 392 g/mol. The van der Waals surface area contributed by atoms with Gasteiger partial charge in [0.1, 0.15) is 0 Å². The summed E-state index contributed by atoms with van der Waals surface area (Å²) < 4.78 is 0. The summed E-state index contributed by atoms with van der Waals surface area (Å²) in [5.74, 6) is 2.00. The fourth-order valence-corrected chi connectivity index (χ4v) is 2.82. The second-order valence-electron chi connectivity index (χ2n) is 5.66. The Hall–Kier alpha value is 0.608. The van der Waals surface area contributed by atoms with E-state index in [1.807, 2.05) is 7.05 Å². The van der Waals surface area contributed by atoms with Crippen LogP contribution in [0.5, 0.6) is 0 Å². The standard InChI is InChI=1S/C14H29N2.CH3.W/c1-15-11-10-14-8-6-13(7-9-14)5-4-12-16(2)3;;/h13-14H,4-12H2,1-3H3;1H3;/q2*-1;+2. The van der Waals surface area contributed by atoms with Crippen LogP contribution in [0.4, 0.5) is 0 Å². The van der Waals surface area contributed by atoms with Gasteiger partial charge >= 0.3 is 21.1 Å². The normalized spacial score (nSPS) is 23.3. The summed E-state index contributed by atoms with van der Waals surface area (Å²) in [6.07, 6.45) is 10.0. The molecule has 18 heavy (non-hydrogen) atoms. The first-order valence-corrected chi connectivity index (χ1v) is 6.92. The number of hydrogen-bond donors (Lipinski definition) is 0. The Labute approximate surface area is 130 Å². The SMILES string of the molecule is C[N-]CCC1CCC(CCCN(C)C)CC1.[CH3-].[W+2]. The van der Waals surface area contributed by atoms with Crippen LogP contribution in [0.2, 0.25) is 0 Å². The van der Waals surface area contributed by atoms with Crippen LogP contribution in [0.25, 0.3) is 5.32 Å². The van der Waals surface area contributed by atoms with Gasteiger partial charge in [-0.1, -0.05) is 32.1 Å². The van der Waals surface area contributed by atoms with E-state index in [1.165, 1.54) is 51.5 Å².